The molecule has 0 aliphatic heterocycles. The molecule has 3 N–H and O–H groups in total. The van der Waals surface area contributed by atoms with Gasteiger partial charge in [-0.25, -0.2) is 4.98 Å². The fourth-order valence-electron chi connectivity index (χ4n) is 1.82. The molecule has 0 aliphatic carbocycles. The fourth-order valence-corrected chi connectivity index (χ4v) is 2.51. The molecule has 0 saturated carbocycles. The molecule has 1 amide bonds. The maximum absolute atomic E-state index is 12.1. The normalized spacial score (nSPS) is 13.4. The Morgan fingerprint density at radius 3 is 2.80 bits per heavy atom. The summed E-state index contributed by atoms with van der Waals surface area (Å²) in [7, 11) is 0. The Balaban J connectivity index is 2.31. The van der Waals surface area contributed by atoms with Crippen molar-refractivity contribution in [3.05, 3.63) is 23.2 Å². The molecule has 142 valence electrons. The van der Waals surface area contributed by atoms with Gasteiger partial charge in [-0.2, -0.15) is 0 Å². The highest BCUT2D eigenvalue weighted by Crippen LogP contribution is 2.20. The van der Waals surface area contributed by atoms with E-state index in [1.807, 2.05) is 13.8 Å². The largest absolute Gasteiger partial charge is 0.467 e. The van der Waals surface area contributed by atoms with Crippen molar-refractivity contribution in [3.63, 3.8) is 0 Å². The summed E-state index contributed by atoms with van der Waals surface area (Å²) >= 11 is 1.18. The lowest BCUT2D eigenvalue weighted by atomic mass is 9.96. The van der Waals surface area contributed by atoms with Gasteiger partial charge in [0.2, 0.25) is 0 Å². The van der Waals surface area contributed by atoms with E-state index in [-0.39, 0.29) is 17.9 Å². The topological polar surface area (TPSA) is 83.5 Å². The molecule has 0 spiro atoms. The number of aliphatic hydroxyl groups excluding tert-OH is 1. The molecule has 7 heteroatoms. The highest BCUT2D eigenvalue weighted by atomic mass is 32.1. The maximum Gasteiger partial charge on any atom is 0.273 e. The Labute approximate surface area is 154 Å². The van der Waals surface area contributed by atoms with Gasteiger partial charge in [0, 0.05) is 19.1 Å². The van der Waals surface area contributed by atoms with E-state index in [0.717, 1.165) is 6.42 Å². The van der Waals surface area contributed by atoms with Crippen molar-refractivity contribution in [2.24, 2.45) is 5.41 Å². The molecule has 0 aliphatic rings. The van der Waals surface area contributed by atoms with Crippen LogP contribution in [0.3, 0.4) is 0 Å². The van der Waals surface area contributed by atoms with E-state index in [4.69, 9.17) is 4.74 Å². The molecule has 25 heavy (non-hydrogen) atoms. The third kappa shape index (κ3) is 10.2. The van der Waals surface area contributed by atoms with Crippen LogP contribution in [-0.2, 0) is 0 Å². The lowest BCUT2D eigenvalue weighted by Crippen LogP contribution is -2.35. The minimum Gasteiger partial charge on any atom is -0.467 e. The molecule has 1 heterocycles. The molecule has 1 aromatic rings. The third-order valence-corrected chi connectivity index (χ3v) is 3.99. The summed E-state index contributed by atoms with van der Waals surface area (Å²) in [6.45, 7) is 11.6. The molecular weight excluding hydrogens is 338 g/mol. The van der Waals surface area contributed by atoms with Crippen LogP contribution in [0.4, 0.5) is 0 Å². The zero-order chi connectivity index (χ0) is 18.9. The van der Waals surface area contributed by atoms with Crippen LogP contribution >= 0.6 is 11.3 Å². The van der Waals surface area contributed by atoms with Gasteiger partial charge < -0.3 is 20.5 Å². The van der Waals surface area contributed by atoms with Crippen molar-refractivity contribution in [1.29, 1.82) is 0 Å². The number of nitrogens with one attached hydrogen (secondary N) is 2. The number of thiazole rings is 1. The van der Waals surface area contributed by atoms with Gasteiger partial charge in [-0.3, -0.25) is 4.79 Å². The number of aromatic nitrogens is 1. The summed E-state index contributed by atoms with van der Waals surface area (Å²) in [6.07, 6.45) is 5.89. The first-order chi connectivity index (χ1) is 11.7. The average Bonchev–Trinajstić information content (AvgIpc) is 2.98. The smallest absolute Gasteiger partial charge is 0.273 e. The van der Waals surface area contributed by atoms with Crippen molar-refractivity contribution < 1.29 is 14.6 Å². The van der Waals surface area contributed by atoms with E-state index in [2.05, 4.69) is 48.5 Å². The molecule has 0 bridgehead atoms. The van der Waals surface area contributed by atoms with E-state index in [1.54, 1.807) is 0 Å². The SMILES string of the molecule is CC(C)NCC(O)COc1ncc(C(=O)NCC/C=C\C(C)(C)C)s1. The fraction of sp³-hybridized carbons (Fsp3) is 0.667. The number of ether oxygens (including phenoxy) is 1. The molecule has 1 rings (SSSR count). The van der Waals surface area contributed by atoms with E-state index < -0.39 is 6.10 Å². The number of amides is 1. The number of hydrogen-bond donors (Lipinski definition) is 3. The van der Waals surface area contributed by atoms with Crippen molar-refractivity contribution in [2.75, 3.05) is 19.7 Å². The average molecular weight is 370 g/mol. The number of hydrogen-bond acceptors (Lipinski definition) is 6. The van der Waals surface area contributed by atoms with Gasteiger partial charge >= 0.3 is 0 Å². The molecule has 1 atom stereocenters. The first-order valence-electron chi connectivity index (χ1n) is 8.63. The Bertz CT molecular complexity index is 550. The number of carbonyl (C=O) groups excluding carboxylic acids is 1. The number of nitrogens with zero attached hydrogens (tertiary/aromatic N) is 1. The van der Waals surface area contributed by atoms with Crippen molar-refractivity contribution in [2.45, 2.75) is 53.2 Å². The van der Waals surface area contributed by atoms with Gasteiger partial charge in [0.25, 0.3) is 11.1 Å². The maximum atomic E-state index is 12.1. The number of carbonyl (C=O) groups is 1. The predicted octanol–water partition coefficient (Wildman–Crippen LogP) is 2.60. The van der Waals surface area contributed by atoms with Gasteiger partial charge in [0.15, 0.2) is 0 Å². The van der Waals surface area contributed by atoms with Crippen LogP contribution in [0.1, 0.15) is 50.7 Å². The molecule has 0 saturated heterocycles. The summed E-state index contributed by atoms with van der Waals surface area (Å²) in [6, 6.07) is 0.308. The minimum absolute atomic E-state index is 0.145. The lowest BCUT2D eigenvalue weighted by molar-refractivity contribution is 0.0958. The molecule has 1 aromatic heterocycles. The van der Waals surface area contributed by atoms with E-state index in [1.165, 1.54) is 17.5 Å². The Hall–Kier alpha value is -1.44. The van der Waals surface area contributed by atoms with E-state index >= 15 is 0 Å². The molecule has 0 aromatic carbocycles. The van der Waals surface area contributed by atoms with Crippen LogP contribution in [0.5, 0.6) is 5.19 Å². The summed E-state index contributed by atoms with van der Waals surface area (Å²) in [5.41, 5.74) is 0.156. The van der Waals surface area contributed by atoms with Gasteiger partial charge in [-0.15, -0.1) is 0 Å². The summed E-state index contributed by atoms with van der Waals surface area (Å²) < 4.78 is 5.44. The summed E-state index contributed by atoms with van der Waals surface area (Å²) in [4.78, 5) is 16.6. The number of rotatable bonds is 10. The third-order valence-electron chi connectivity index (χ3n) is 3.08. The molecule has 6 nitrogen and oxygen atoms in total. The highest BCUT2D eigenvalue weighted by Gasteiger charge is 2.12. The second kappa shape index (κ2) is 10.5. The second-order valence-corrected chi connectivity index (χ2v) is 8.32. The first kappa shape index (κ1) is 21.6. The highest BCUT2D eigenvalue weighted by molar-refractivity contribution is 7.15. The van der Waals surface area contributed by atoms with Crippen molar-refractivity contribution in [1.82, 2.24) is 15.6 Å². The molecule has 1 unspecified atom stereocenters. The minimum atomic E-state index is -0.613. The van der Waals surface area contributed by atoms with Crippen molar-refractivity contribution in [3.8, 4) is 5.19 Å². The zero-order valence-electron chi connectivity index (χ0n) is 15.8. The van der Waals surface area contributed by atoms with Crippen LogP contribution in [0.25, 0.3) is 0 Å². The molecular formula is C18H31N3O3S. The van der Waals surface area contributed by atoms with Gasteiger partial charge in [0.05, 0.1) is 6.20 Å². The van der Waals surface area contributed by atoms with Crippen molar-refractivity contribution >= 4 is 17.2 Å². The van der Waals surface area contributed by atoms with E-state index in [9.17, 15) is 9.90 Å². The van der Waals surface area contributed by atoms with E-state index in [0.29, 0.717) is 29.2 Å². The molecule has 0 radical (unpaired) electrons. The summed E-state index contributed by atoms with van der Waals surface area (Å²) in [5, 5.41) is 16.2. The second-order valence-electron chi connectivity index (χ2n) is 7.33. The Morgan fingerprint density at radius 1 is 1.44 bits per heavy atom. The van der Waals surface area contributed by atoms with Gasteiger partial charge in [0.1, 0.15) is 17.6 Å². The van der Waals surface area contributed by atoms with Crippen LogP contribution in [0.15, 0.2) is 18.3 Å². The molecule has 0 fully saturated rings. The number of aliphatic hydroxyl groups is 1. The monoisotopic (exact) mass is 369 g/mol. The predicted molar refractivity (Wildman–Crippen MR) is 102 cm³/mol. The van der Waals surface area contributed by atoms with Gasteiger partial charge in [-0.05, 0) is 11.8 Å². The van der Waals surface area contributed by atoms with Gasteiger partial charge in [-0.1, -0.05) is 58.1 Å². The number of allylic oxidation sites excluding steroid dienone is 1. The lowest BCUT2D eigenvalue weighted by Gasteiger charge is -2.13. The van der Waals surface area contributed by atoms with Crippen LogP contribution in [0, 0.1) is 5.41 Å². The van der Waals surface area contributed by atoms with Crippen LogP contribution in [0.2, 0.25) is 0 Å². The Kier molecular flexibility index (Phi) is 9.10. The zero-order valence-corrected chi connectivity index (χ0v) is 16.7. The first-order valence-corrected chi connectivity index (χ1v) is 9.45. The summed E-state index contributed by atoms with van der Waals surface area (Å²) in [5.74, 6) is -0.154. The van der Waals surface area contributed by atoms with Crippen LogP contribution < -0.4 is 15.4 Å². The van der Waals surface area contributed by atoms with Crippen LogP contribution in [-0.4, -0.2) is 47.8 Å². The quantitative estimate of drug-likeness (QED) is 0.436. The standard InChI is InChI=1S/C18H31N3O3S/c1-13(2)20-10-14(22)12-24-17-21-11-15(25-17)16(23)19-9-7-6-8-18(3,4)5/h6,8,11,13-14,20,22H,7,9-10,12H2,1-5H3,(H,19,23)/b8-6-. The Morgan fingerprint density at radius 2 is 2.16 bits per heavy atom.